The molecule has 0 spiro atoms. The highest BCUT2D eigenvalue weighted by atomic mass is 32.1. The number of urea groups is 1. The highest BCUT2D eigenvalue weighted by molar-refractivity contribution is 7.17. The highest BCUT2D eigenvalue weighted by Gasteiger charge is 2.32. The van der Waals surface area contributed by atoms with E-state index >= 15 is 0 Å². The summed E-state index contributed by atoms with van der Waals surface area (Å²) < 4.78 is 0. The zero-order valence-electron chi connectivity index (χ0n) is 11.0. The number of carboxylic acids is 1. The Labute approximate surface area is 124 Å². The minimum absolute atomic E-state index is 0.215. The molecule has 2 aromatic rings. The van der Waals surface area contributed by atoms with Crippen LogP contribution in [0.3, 0.4) is 0 Å². The second kappa shape index (κ2) is 5.53. The number of aromatic nitrogens is 1. The molecule has 0 unspecified atom stereocenters. The van der Waals surface area contributed by atoms with Gasteiger partial charge in [-0.25, -0.2) is 14.6 Å². The topological polar surface area (TPSA) is 91.3 Å². The molecule has 7 heteroatoms. The van der Waals surface area contributed by atoms with Gasteiger partial charge in [-0.2, -0.15) is 0 Å². The van der Waals surface area contributed by atoms with E-state index in [0.29, 0.717) is 16.5 Å². The van der Waals surface area contributed by atoms with Crippen LogP contribution in [0.4, 0.5) is 15.6 Å². The first-order chi connectivity index (χ1) is 10.1. The lowest BCUT2D eigenvalue weighted by Gasteiger charge is -2.04. The van der Waals surface area contributed by atoms with Crippen molar-refractivity contribution < 1.29 is 14.7 Å². The van der Waals surface area contributed by atoms with E-state index in [9.17, 15) is 9.59 Å². The Hall–Kier alpha value is -2.41. The molecule has 0 saturated heterocycles. The molecule has 0 radical (unpaired) electrons. The predicted octanol–water partition coefficient (Wildman–Crippen LogP) is 3.36. The zero-order valence-corrected chi connectivity index (χ0v) is 11.8. The summed E-state index contributed by atoms with van der Waals surface area (Å²) in [4.78, 5) is 27.5. The van der Waals surface area contributed by atoms with Crippen LogP contribution < -0.4 is 10.6 Å². The molecule has 0 atom stereocenters. The first kappa shape index (κ1) is 13.6. The molecular formula is C14H13N3O3S. The van der Waals surface area contributed by atoms with E-state index in [-0.39, 0.29) is 10.8 Å². The van der Waals surface area contributed by atoms with Gasteiger partial charge in [-0.05, 0) is 25.0 Å². The first-order valence-corrected chi connectivity index (χ1v) is 7.32. The van der Waals surface area contributed by atoms with Crippen molar-refractivity contribution in [3.8, 4) is 0 Å². The van der Waals surface area contributed by atoms with Crippen molar-refractivity contribution in [1.82, 2.24) is 4.98 Å². The van der Waals surface area contributed by atoms with Crippen molar-refractivity contribution in [3.63, 3.8) is 0 Å². The third kappa shape index (κ3) is 3.19. The van der Waals surface area contributed by atoms with Crippen LogP contribution in [0.5, 0.6) is 0 Å². The van der Waals surface area contributed by atoms with Crippen molar-refractivity contribution in [2.75, 3.05) is 10.6 Å². The molecule has 108 valence electrons. The third-order valence-corrected chi connectivity index (χ3v) is 4.04. The average Bonchev–Trinajstić information content (AvgIpc) is 3.21. The smallest absolute Gasteiger partial charge is 0.347 e. The van der Waals surface area contributed by atoms with Crippen molar-refractivity contribution in [3.05, 3.63) is 40.9 Å². The first-order valence-electron chi connectivity index (χ1n) is 6.50. The minimum Gasteiger partial charge on any atom is -0.477 e. The van der Waals surface area contributed by atoms with E-state index < -0.39 is 12.0 Å². The Morgan fingerprint density at radius 3 is 2.52 bits per heavy atom. The summed E-state index contributed by atoms with van der Waals surface area (Å²) in [5.41, 5.74) is 1.25. The van der Waals surface area contributed by atoms with Gasteiger partial charge in [-0.3, -0.25) is 5.32 Å². The summed E-state index contributed by atoms with van der Waals surface area (Å²) in [7, 11) is 0. The minimum atomic E-state index is -0.995. The molecule has 3 N–H and O–H groups in total. The maximum Gasteiger partial charge on any atom is 0.347 e. The molecule has 0 bridgehead atoms. The average molecular weight is 303 g/mol. The van der Waals surface area contributed by atoms with Gasteiger partial charge in [0.25, 0.3) is 0 Å². The van der Waals surface area contributed by atoms with Gasteiger partial charge in [0.1, 0.15) is 4.88 Å². The van der Waals surface area contributed by atoms with Gasteiger partial charge in [-0.1, -0.05) is 29.5 Å². The lowest BCUT2D eigenvalue weighted by molar-refractivity contribution is 0.0700. The normalized spacial score (nSPS) is 13.7. The number of thiazole rings is 1. The number of carbonyl (C=O) groups excluding carboxylic acids is 1. The standard InChI is InChI=1S/C14H13N3O3S/c18-12(19)11-10(8-6-7-8)16-14(21-11)17-13(20)15-9-4-2-1-3-5-9/h1-5,8H,6-7H2,(H,18,19)(H2,15,16,17,20). The SMILES string of the molecule is O=C(Nc1ccccc1)Nc1nc(C2CC2)c(C(=O)O)s1. The van der Waals surface area contributed by atoms with Gasteiger partial charge in [0, 0.05) is 11.6 Å². The molecule has 1 heterocycles. The monoisotopic (exact) mass is 303 g/mol. The van der Waals surface area contributed by atoms with Crippen molar-refractivity contribution in [2.24, 2.45) is 0 Å². The molecule has 2 amide bonds. The van der Waals surface area contributed by atoms with Crippen molar-refractivity contribution in [1.29, 1.82) is 0 Å². The third-order valence-electron chi connectivity index (χ3n) is 3.06. The molecule has 1 aliphatic carbocycles. The summed E-state index contributed by atoms with van der Waals surface area (Å²) in [5, 5.41) is 14.7. The molecule has 1 fully saturated rings. The van der Waals surface area contributed by atoms with Gasteiger partial charge in [0.05, 0.1) is 5.69 Å². The summed E-state index contributed by atoms with van der Waals surface area (Å²) in [6.07, 6.45) is 1.92. The fourth-order valence-electron chi connectivity index (χ4n) is 1.95. The number of rotatable bonds is 4. The van der Waals surface area contributed by atoms with Gasteiger partial charge in [0.15, 0.2) is 5.13 Å². The van der Waals surface area contributed by atoms with Crippen LogP contribution in [0.25, 0.3) is 0 Å². The summed E-state index contributed by atoms with van der Waals surface area (Å²) in [5.74, 6) is -0.772. The Morgan fingerprint density at radius 1 is 1.19 bits per heavy atom. The van der Waals surface area contributed by atoms with Crippen LogP contribution in [0.15, 0.2) is 30.3 Å². The second-order valence-corrected chi connectivity index (χ2v) is 5.76. The molecule has 1 aliphatic rings. The lowest BCUT2D eigenvalue weighted by atomic mass is 10.2. The zero-order chi connectivity index (χ0) is 14.8. The second-order valence-electron chi connectivity index (χ2n) is 4.76. The maximum absolute atomic E-state index is 11.9. The van der Waals surface area contributed by atoms with E-state index in [1.807, 2.05) is 18.2 Å². The van der Waals surface area contributed by atoms with E-state index in [4.69, 9.17) is 5.11 Å². The summed E-state index contributed by atoms with van der Waals surface area (Å²) in [6.45, 7) is 0. The number of carbonyl (C=O) groups is 2. The quantitative estimate of drug-likeness (QED) is 0.807. The molecule has 3 rings (SSSR count). The molecule has 1 saturated carbocycles. The molecule has 0 aliphatic heterocycles. The molecule has 1 aromatic carbocycles. The van der Waals surface area contributed by atoms with E-state index in [2.05, 4.69) is 15.6 Å². The van der Waals surface area contributed by atoms with Crippen molar-refractivity contribution in [2.45, 2.75) is 18.8 Å². The van der Waals surface area contributed by atoms with Crippen LogP contribution in [0.1, 0.15) is 34.1 Å². The molecular weight excluding hydrogens is 290 g/mol. The van der Waals surface area contributed by atoms with Crippen LogP contribution in [-0.2, 0) is 0 Å². The number of nitrogens with one attached hydrogen (secondary N) is 2. The van der Waals surface area contributed by atoms with Gasteiger partial charge >= 0.3 is 12.0 Å². The van der Waals surface area contributed by atoms with Gasteiger partial charge in [0.2, 0.25) is 0 Å². The number of amides is 2. The number of carboxylic acid groups (broad SMARTS) is 1. The van der Waals surface area contributed by atoms with Crippen LogP contribution in [0.2, 0.25) is 0 Å². The van der Waals surface area contributed by atoms with Crippen LogP contribution in [0, 0.1) is 0 Å². The lowest BCUT2D eigenvalue weighted by Crippen LogP contribution is -2.19. The Bertz CT molecular complexity index is 680. The number of hydrogen-bond donors (Lipinski definition) is 3. The highest BCUT2D eigenvalue weighted by Crippen LogP contribution is 2.43. The van der Waals surface area contributed by atoms with Crippen molar-refractivity contribution >= 4 is 34.2 Å². The Morgan fingerprint density at radius 2 is 1.90 bits per heavy atom. The maximum atomic E-state index is 11.9. The number of hydrogen-bond acceptors (Lipinski definition) is 4. The Kier molecular flexibility index (Phi) is 3.57. The fourth-order valence-corrected chi connectivity index (χ4v) is 2.84. The number of nitrogens with zero attached hydrogens (tertiary/aromatic N) is 1. The summed E-state index contributed by atoms with van der Waals surface area (Å²) in [6, 6.07) is 8.57. The largest absolute Gasteiger partial charge is 0.477 e. The summed E-state index contributed by atoms with van der Waals surface area (Å²) >= 11 is 0.992. The number of anilines is 2. The van der Waals surface area contributed by atoms with E-state index in [1.54, 1.807) is 12.1 Å². The van der Waals surface area contributed by atoms with E-state index in [0.717, 1.165) is 24.2 Å². The van der Waals surface area contributed by atoms with Crippen LogP contribution in [-0.4, -0.2) is 22.1 Å². The number of aromatic carboxylic acids is 1. The molecule has 6 nitrogen and oxygen atoms in total. The number of benzene rings is 1. The fraction of sp³-hybridized carbons (Fsp3) is 0.214. The van der Waals surface area contributed by atoms with Crippen LogP contribution >= 0.6 is 11.3 Å². The molecule has 1 aromatic heterocycles. The predicted molar refractivity (Wildman–Crippen MR) is 80.1 cm³/mol. The Balaban J connectivity index is 1.71. The van der Waals surface area contributed by atoms with Gasteiger partial charge in [-0.15, -0.1) is 0 Å². The number of para-hydroxylation sites is 1. The van der Waals surface area contributed by atoms with E-state index in [1.165, 1.54) is 0 Å². The molecule has 21 heavy (non-hydrogen) atoms. The van der Waals surface area contributed by atoms with Gasteiger partial charge < -0.3 is 10.4 Å².